The lowest BCUT2D eigenvalue weighted by molar-refractivity contribution is -0.256. The molecular weight excluding hydrogens is 580 g/mol. The number of benzene rings is 4. The van der Waals surface area contributed by atoms with Crippen molar-refractivity contribution in [2.24, 2.45) is 0 Å². The van der Waals surface area contributed by atoms with Crippen LogP contribution in [-0.2, 0) is 9.84 Å². The third kappa shape index (κ3) is 4.18. The van der Waals surface area contributed by atoms with Crippen LogP contribution in [0.1, 0.15) is 62.1 Å². The smallest absolute Gasteiger partial charge is 0.266 e. The lowest BCUT2D eigenvalue weighted by Crippen LogP contribution is -2.29. The number of nitrogens with zero attached hydrogens (tertiary/aromatic N) is 2. The second-order valence-corrected chi connectivity index (χ2v) is 11.4. The van der Waals surface area contributed by atoms with E-state index in [9.17, 15) is 47.4 Å². The summed E-state index contributed by atoms with van der Waals surface area (Å²) in [5.74, 6) is -6.00. The number of aromatic carboxylic acids is 2. The highest BCUT2D eigenvalue weighted by molar-refractivity contribution is 7.91. The van der Waals surface area contributed by atoms with Gasteiger partial charge in [0.05, 0.1) is 55.4 Å². The van der Waals surface area contributed by atoms with Gasteiger partial charge in [0.2, 0.25) is 9.84 Å². The first-order chi connectivity index (χ1) is 20.4. The molecule has 13 heteroatoms. The van der Waals surface area contributed by atoms with Crippen molar-refractivity contribution in [3.05, 3.63) is 118 Å². The lowest BCUT2D eigenvalue weighted by Gasteiger charge is -2.15. The van der Waals surface area contributed by atoms with Crippen LogP contribution >= 0.6 is 0 Å². The van der Waals surface area contributed by atoms with Crippen LogP contribution < -0.4 is 20.0 Å². The Morgan fingerprint density at radius 3 is 1.14 bits per heavy atom. The molecule has 6 rings (SSSR count). The number of carboxylic acid groups (broad SMARTS) is 2. The van der Waals surface area contributed by atoms with E-state index >= 15 is 0 Å². The number of imide groups is 2. The zero-order valence-corrected chi connectivity index (χ0v) is 22.3. The molecule has 0 fully saturated rings. The van der Waals surface area contributed by atoms with Crippen molar-refractivity contribution in [2.75, 3.05) is 9.80 Å². The standard InChI is InChI=1S/C30H16N2O10S/c33-25-21-11-1-15(29(37)38)13-23(21)27(35)31(25)17-3-7-19(8-4-17)43(41,42)20-9-5-18(6-10-20)32-26(34)22-12-2-16(30(39)40)14-24(22)28(32)36/h1-14H,(H,37,38)(H,39,40)/p-2. The summed E-state index contributed by atoms with van der Waals surface area (Å²) in [7, 11) is -4.13. The molecule has 0 saturated carbocycles. The highest BCUT2D eigenvalue weighted by Crippen LogP contribution is 2.33. The Balaban J connectivity index is 1.24. The maximum atomic E-state index is 13.3. The Hall–Kier alpha value is -5.95. The Morgan fingerprint density at radius 1 is 0.488 bits per heavy atom. The number of hydrogen-bond acceptors (Lipinski definition) is 10. The first kappa shape index (κ1) is 27.2. The fourth-order valence-corrected chi connectivity index (χ4v) is 6.15. The average Bonchev–Trinajstić information content (AvgIpc) is 3.40. The van der Waals surface area contributed by atoms with E-state index in [0.29, 0.717) is 0 Å². The molecule has 0 saturated heterocycles. The normalized spacial score (nSPS) is 14.2. The number of carbonyl (C=O) groups is 6. The van der Waals surface area contributed by atoms with Gasteiger partial charge in [0.1, 0.15) is 0 Å². The molecule has 0 unspecified atom stereocenters. The molecule has 0 aliphatic carbocycles. The molecule has 2 heterocycles. The molecule has 2 aliphatic heterocycles. The van der Waals surface area contributed by atoms with Crippen LogP contribution in [0.5, 0.6) is 0 Å². The summed E-state index contributed by atoms with van der Waals surface area (Å²) in [5.41, 5.74) is -0.703. The van der Waals surface area contributed by atoms with E-state index < -0.39 is 45.4 Å². The van der Waals surface area contributed by atoms with Gasteiger partial charge in [-0.25, -0.2) is 18.2 Å². The van der Waals surface area contributed by atoms with Gasteiger partial charge in [-0.15, -0.1) is 0 Å². The molecule has 2 aliphatic rings. The minimum atomic E-state index is -4.13. The molecule has 43 heavy (non-hydrogen) atoms. The number of carbonyl (C=O) groups excluding carboxylic acids is 6. The van der Waals surface area contributed by atoms with Gasteiger partial charge in [-0.3, -0.25) is 19.2 Å². The monoisotopic (exact) mass is 594 g/mol. The van der Waals surface area contributed by atoms with Crippen LogP contribution in [0.4, 0.5) is 11.4 Å². The maximum Gasteiger partial charge on any atom is 0.266 e. The molecule has 0 spiro atoms. The number of fused-ring (bicyclic) bond motifs is 2. The number of hydrogen-bond donors (Lipinski definition) is 0. The molecule has 12 nitrogen and oxygen atoms in total. The number of anilines is 2. The molecule has 212 valence electrons. The predicted molar refractivity (Wildman–Crippen MR) is 142 cm³/mol. The summed E-state index contributed by atoms with van der Waals surface area (Å²) in [6, 6.07) is 16.5. The Morgan fingerprint density at radius 2 is 0.814 bits per heavy atom. The van der Waals surface area contributed by atoms with Gasteiger partial charge in [-0.1, -0.05) is 12.1 Å². The summed E-state index contributed by atoms with van der Waals surface area (Å²) in [4.78, 5) is 75.0. The second kappa shape index (κ2) is 9.56. The molecule has 0 N–H and O–H groups in total. The van der Waals surface area contributed by atoms with E-state index in [1.54, 1.807) is 0 Å². The first-order valence-corrected chi connectivity index (χ1v) is 13.8. The van der Waals surface area contributed by atoms with Crippen LogP contribution in [0.15, 0.2) is 94.7 Å². The van der Waals surface area contributed by atoms with E-state index in [0.717, 1.165) is 34.1 Å². The molecule has 4 aromatic rings. The van der Waals surface area contributed by atoms with Gasteiger partial charge in [-0.05, 0) is 83.9 Å². The summed E-state index contributed by atoms with van der Waals surface area (Å²) in [6.45, 7) is 0. The Bertz CT molecular complexity index is 1920. The average molecular weight is 595 g/mol. The van der Waals surface area contributed by atoms with Crippen molar-refractivity contribution in [3.8, 4) is 0 Å². The summed E-state index contributed by atoms with van der Waals surface area (Å²) in [6.07, 6.45) is 0. The Kier molecular flexibility index (Phi) is 6.06. The second-order valence-electron chi connectivity index (χ2n) is 9.48. The minimum Gasteiger partial charge on any atom is -0.545 e. The first-order valence-electron chi connectivity index (χ1n) is 12.3. The topological polar surface area (TPSA) is 189 Å². The van der Waals surface area contributed by atoms with E-state index in [2.05, 4.69) is 0 Å². The summed E-state index contributed by atoms with van der Waals surface area (Å²) < 4.78 is 26.6. The lowest BCUT2D eigenvalue weighted by atomic mass is 10.1. The molecule has 0 bridgehead atoms. The Labute approximate surface area is 241 Å². The van der Waals surface area contributed by atoms with Gasteiger partial charge in [0, 0.05) is 0 Å². The number of sulfone groups is 1. The number of rotatable bonds is 6. The molecule has 4 amide bonds. The van der Waals surface area contributed by atoms with Crippen LogP contribution in [0.25, 0.3) is 0 Å². The van der Waals surface area contributed by atoms with Gasteiger partial charge >= 0.3 is 0 Å². The van der Waals surface area contributed by atoms with Crippen molar-refractivity contribution in [1.29, 1.82) is 0 Å². The molecule has 4 aromatic carbocycles. The van der Waals surface area contributed by atoms with Gasteiger partial charge in [0.15, 0.2) is 0 Å². The molecular formula is C30H14N2O10S-2. The SMILES string of the molecule is O=C([O-])c1ccc2c(c1)C(=O)N(c1ccc(S(=O)(=O)c3ccc(N4C(=O)c5ccc(C(=O)[O-])cc5C4=O)cc3)cc1)C2=O. The highest BCUT2D eigenvalue weighted by Gasteiger charge is 2.38. The van der Waals surface area contributed by atoms with Crippen molar-refractivity contribution in [3.63, 3.8) is 0 Å². The van der Waals surface area contributed by atoms with Crippen molar-refractivity contribution in [2.45, 2.75) is 9.79 Å². The zero-order valence-electron chi connectivity index (χ0n) is 21.5. The van der Waals surface area contributed by atoms with Crippen LogP contribution in [-0.4, -0.2) is 44.0 Å². The quantitative estimate of drug-likeness (QED) is 0.289. The van der Waals surface area contributed by atoms with Gasteiger partial charge in [0.25, 0.3) is 23.6 Å². The van der Waals surface area contributed by atoms with E-state index in [1.165, 1.54) is 60.7 Å². The molecule has 0 radical (unpaired) electrons. The van der Waals surface area contributed by atoms with Crippen molar-refractivity contribution >= 4 is 56.8 Å². The van der Waals surface area contributed by atoms with Crippen molar-refractivity contribution < 1.29 is 47.4 Å². The number of amides is 4. The molecule has 0 aromatic heterocycles. The summed E-state index contributed by atoms with van der Waals surface area (Å²) in [5, 5.41) is 22.3. The fourth-order valence-electron chi connectivity index (χ4n) is 4.89. The van der Waals surface area contributed by atoms with Crippen LogP contribution in [0, 0.1) is 0 Å². The highest BCUT2D eigenvalue weighted by atomic mass is 32.2. The zero-order chi connectivity index (χ0) is 30.8. The minimum absolute atomic E-state index is 0.0100. The largest absolute Gasteiger partial charge is 0.545 e. The predicted octanol–water partition coefficient (Wildman–Crippen LogP) is 0.848. The van der Waals surface area contributed by atoms with E-state index in [-0.39, 0.29) is 54.5 Å². The third-order valence-electron chi connectivity index (χ3n) is 7.05. The summed E-state index contributed by atoms with van der Waals surface area (Å²) >= 11 is 0. The fraction of sp³-hybridized carbons (Fsp3) is 0. The number of carboxylic acids is 2. The van der Waals surface area contributed by atoms with E-state index in [1.807, 2.05) is 0 Å². The van der Waals surface area contributed by atoms with Crippen LogP contribution in [0.2, 0.25) is 0 Å². The molecule has 0 atom stereocenters. The maximum absolute atomic E-state index is 13.3. The third-order valence-corrected chi connectivity index (χ3v) is 8.84. The van der Waals surface area contributed by atoms with Crippen molar-refractivity contribution in [1.82, 2.24) is 0 Å². The van der Waals surface area contributed by atoms with E-state index in [4.69, 9.17) is 0 Å². The van der Waals surface area contributed by atoms with Gasteiger partial charge < -0.3 is 19.8 Å². The van der Waals surface area contributed by atoms with Crippen LogP contribution in [0.3, 0.4) is 0 Å². The van der Waals surface area contributed by atoms with Gasteiger partial charge in [-0.2, -0.15) is 0 Å².